The molecule has 118 valence electrons. The van der Waals surface area contributed by atoms with Crippen molar-refractivity contribution in [2.75, 3.05) is 0 Å². The predicted molar refractivity (Wildman–Crippen MR) is 94.6 cm³/mol. The van der Waals surface area contributed by atoms with Crippen molar-refractivity contribution in [2.24, 2.45) is 0 Å². The van der Waals surface area contributed by atoms with Gasteiger partial charge in [0.05, 0.1) is 11.0 Å². The Bertz CT molecular complexity index is 871. The van der Waals surface area contributed by atoms with Gasteiger partial charge in [-0.05, 0) is 30.2 Å². The first-order valence-corrected chi connectivity index (χ1v) is 8.29. The van der Waals surface area contributed by atoms with E-state index in [9.17, 15) is 4.79 Å². The monoisotopic (exact) mass is 346 g/mol. The maximum absolute atomic E-state index is 12.7. The summed E-state index contributed by atoms with van der Waals surface area (Å²) in [5.74, 6) is 0.830. The molecule has 0 unspecified atom stereocenters. The molecule has 1 aromatic heterocycles. The molecule has 23 heavy (non-hydrogen) atoms. The average molecular weight is 347 g/mol. The van der Waals surface area contributed by atoms with Crippen LogP contribution in [0.2, 0.25) is 10.0 Å². The molecule has 3 nitrogen and oxygen atoms in total. The quantitative estimate of drug-likeness (QED) is 0.641. The van der Waals surface area contributed by atoms with Crippen LogP contribution in [-0.2, 0) is 12.8 Å². The van der Waals surface area contributed by atoms with Gasteiger partial charge in [0.15, 0.2) is 5.78 Å². The number of Topliss-reactive ketones (excluding diaryl/α,β-unsaturated/α-hetero) is 1. The number of carbonyl (C=O) groups is 1. The maximum Gasteiger partial charge on any atom is 0.169 e. The highest BCUT2D eigenvalue weighted by Gasteiger charge is 2.16. The number of rotatable bonds is 5. The largest absolute Gasteiger partial charge is 0.342 e. The Hall–Kier alpha value is -1.84. The normalized spacial score (nSPS) is 11.1. The summed E-state index contributed by atoms with van der Waals surface area (Å²) in [5.41, 5.74) is 2.81. The molecule has 0 aliphatic carbocycles. The number of aromatic nitrogens is 2. The third-order valence-electron chi connectivity index (χ3n) is 3.70. The van der Waals surface area contributed by atoms with E-state index in [1.165, 1.54) is 0 Å². The molecule has 0 atom stereocenters. The molecule has 1 N–H and O–H groups in total. The van der Waals surface area contributed by atoms with Gasteiger partial charge in [-0.15, -0.1) is 0 Å². The van der Waals surface area contributed by atoms with Gasteiger partial charge >= 0.3 is 0 Å². The van der Waals surface area contributed by atoms with Gasteiger partial charge in [-0.3, -0.25) is 4.79 Å². The standard InChI is InChI=1S/C18H16Cl2N2O/c1-2-5-17-21-15-10-12(19)9-13(18(15)22-17)16(23)8-11-6-3-4-7-14(11)20/h3-4,6-7,9-10H,2,5,8H2,1H3,(H,21,22). The fraction of sp³-hybridized carbons (Fsp3) is 0.222. The summed E-state index contributed by atoms with van der Waals surface area (Å²) in [6.07, 6.45) is 2.05. The maximum atomic E-state index is 12.7. The number of fused-ring (bicyclic) bond motifs is 1. The minimum atomic E-state index is -0.0415. The van der Waals surface area contributed by atoms with Crippen LogP contribution in [-0.4, -0.2) is 15.8 Å². The number of hydrogen-bond acceptors (Lipinski definition) is 2. The summed E-state index contributed by atoms with van der Waals surface area (Å²) < 4.78 is 0. The molecule has 0 saturated heterocycles. The molecule has 0 bridgehead atoms. The number of aromatic amines is 1. The number of nitrogens with one attached hydrogen (secondary N) is 1. The third-order valence-corrected chi connectivity index (χ3v) is 4.28. The Labute approximate surface area is 144 Å². The van der Waals surface area contributed by atoms with Gasteiger partial charge in [0, 0.05) is 28.5 Å². The molecular weight excluding hydrogens is 331 g/mol. The van der Waals surface area contributed by atoms with Crippen LogP contribution >= 0.6 is 23.2 Å². The van der Waals surface area contributed by atoms with Crippen molar-refractivity contribution in [3.8, 4) is 0 Å². The Morgan fingerprint density at radius 2 is 2.00 bits per heavy atom. The van der Waals surface area contributed by atoms with Crippen molar-refractivity contribution in [1.82, 2.24) is 9.97 Å². The van der Waals surface area contributed by atoms with Crippen LogP contribution in [0.3, 0.4) is 0 Å². The summed E-state index contributed by atoms with van der Waals surface area (Å²) in [6, 6.07) is 10.8. The molecule has 2 aromatic carbocycles. The van der Waals surface area contributed by atoms with Crippen LogP contribution in [0.4, 0.5) is 0 Å². The lowest BCUT2D eigenvalue weighted by Gasteiger charge is -2.05. The molecule has 0 aliphatic heterocycles. The summed E-state index contributed by atoms with van der Waals surface area (Å²) in [5, 5.41) is 1.11. The average Bonchev–Trinajstić information content (AvgIpc) is 2.91. The minimum Gasteiger partial charge on any atom is -0.342 e. The smallest absolute Gasteiger partial charge is 0.169 e. The molecule has 0 fully saturated rings. The number of carbonyl (C=O) groups excluding carboxylic acids is 1. The second kappa shape index (κ2) is 6.73. The second-order valence-electron chi connectivity index (χ2n) is 5.47. The first kappa shape index (κ1) is 16.0. The number of hydrogen-bond donors (Lipinski definition) is 1. The Balaban J connectivity index is 2.01. The van der Waals surface area contributed by atoms with Crippen LogP contribution in [0.5, 0.6) is 0 Å². The Kier molecular flexibility index (Phi) is 4.69. The van der Waals surface area contributed by atoms with E-state index in [0.717, 1.165) is 29.7 Å². The zero-order valence-corrected chi connectivity index (χ0v) is 14.2. The van der Waals surface area contributed by atoms with Crippen molar-refractivity contribution in [3.05, 3.63) is 63.4 Å². The highest BCUT2D eigenvalue weighted by molar-refractivity contribution is 6.32. The van der Waals surface area contributed by atoms with Crippen LogP contribution in [0.1, 0.15) is 35.1 Å². The molecule has 0 amide bonds. The first-order valence-electron chi connectivity index (χ1n) is 7.53. The molecule has 0 aliphatic rings. The fourth-order valence-electron chi connectivity index (χ4n) is 2.61. The van der Waals surface area contributed by atoms with E-state index >= 15 is 0 Å². The molecule has 3 aromatic rings. The lowest BCUT2D eigenvalue weighted by Crippen LogP contribution is -2.05. The molecule has 0 radical (unpaired) electrons. The van der Waals surface area contributed by atoms with E-state index in [0.29, 0.717) is 21.1 Å². The summed E-state index contributed by atoms with van der Waals surface area (Å²) in [6.45, 7) is 2.09. The summed E-state index contributed by atoms with van der Waals surface area (Å²) in [4.78, 5) is 20.5. The van der Waals surface area contributed by atoms with E-state index in [4.69, 9.17) is 23.2 Å². The molecule has 0 saturated carbocycles. The molecule has 3 rings (SSSR count). The van der Waals surface area contributed by atoms with Crippen molar-refractivity contribution < 1.29 is 4.79 Å². The zero-order chi connectivity index (χ0) is 16.4. The highest BCUT2D eigenvalue weighted by atomic mass is 35.5. The van der Waals surface area contributed by atoms with Gasteiger partial charge in [-0.25, -0.2) is 4.98 Å². The van der Waals surface area contributed by atoms with Crippen molar-refractivity contribution in [1.29, 1.82) is 0 Å². The number of benzene rings is 2. The van der Waals surface area contributed by atoms with Crippen LogP contribution in [0, 0.1) is 0 Å². The third kappa shape index (κ3) is 3.41. The lowest BCUT2D eigenvalue weighted by molar-refractivity contribution is 0.0994. The Morgan fingerprint density at radius 3 is 2.74 bits per heavy atom. The molecule has 5 heteroatoms. The molecule has 0 spiro atoms. The molecule has 1 heterocycles. The second-order valence-corrected chi connectivity index (χ2v) is 6.32. The van der Waals surface area contributed by atoms with E-state index in [2.05, 4.69) is 16.9 Å². The van der Waals surface area contributed by atoms with Gasteiger partial charge in [0.1, 0.15) is 5.82 Å². The van der Waals surface area contributed by atoms with Crippen molar-refractivity contribution >= 4 is 40.0 Å². The number of halogens is 2. The number of aryl methyl sites for hydroxylation is 1. The highest BCUT2D eigenvalue weighted by Crippen LogP contribution is 2.25. The topological polar surface area (TPSA) is 45.8 Å². The number of ketones is 1. The van der Waals surface area contributed by atoms with E-state index in [-0.39, 0.29) is 12.2 Å². The van der Waals surface area contributed by atoms with Crippen molar-refractivity contribution in [3.63, 3.8) is 0 Å². The number of H-pyrrole nitrogens is 1. The fourth-order valence-corrected chi connectivity index (χ4v) is 3.03. The number of nitrogens with zero attached hydrogens (tertiary/aromatic N) is 1. The van der Waals surface area contributed by atoms with E-state index < -0.39 is 0 Å². The van der Waals surface area contributed by atoms with Gasteiger partial charge in [-0.1, -0.05) is 48.3 Å². The summed E-state index contributed by atoms with van der Waals surface area (Å²) in [7, 11) is 0. The van der Waals surface area contributed by atoms with Gasteiger partial charge < -0.3 is 4.98 Å². The SMILES string of the molecule is CCCc1nc2c(C(=O)Cc3ccccc3Cl)cc(Cl)cc2[nH]1. The van der Waals surface area contributed by atoms with Crippen LogP contribution in [0.15, 0.2) is 36.4 Å². The molecular formula is C18H16Cl2N2O. The van der Waals surface area contributed by atoms with E-state index in [1.54, 1.807) is 18.2 Å². The predicted octanol–water partition coefficient (Wildman–Crippen LogP) is 5.25. The Morgan fingerprint density at radius 1 is 1.22 bits per heavy atom. The van der Waals surface area contributed by atoms with Gasteiger partial charge in [-0.2, -0.15) is 0 Å². The zero-order valence-electron chi connectivity index (χ0n) is 12.7. The van der Waals surface area contributed by atoms with Crippen LogP contribution < -0.4 is 0 Å². The van der Waals surface area contributed by atoms with Gasteiger partial charge in [0.2, 0.25) is 0 Å². The van der Waals surface area contributed by atoms with Crippen molar-refractivity contribution in [2.45, 2.75) is 26.2 Å². The van der Waals surface area contributed by atoms with E-state index in [1.807, 2.05) is 18.2 Å². The number of imidazole rings is 1. The minimum absolute atomic E-state index is 0.0415. The van der Waals surface area contributed by atoms with Gasteiger partial charge in [0.25, 0.3) is 0 Å². The van der Waals surface area contributed by atoms with Crippen LogP contribution in [0.25, 0.3) is 11.0 Å². The first-order chi connectivity index (χ1) is 11.1. The lowest BCUT2D eigenvalue weighted by atomic mass is 10.0. The summed E-state index contributed by atoms with van der Waals surface area (Å²) >= 11 is 12.3.